The zero-order valence-corrected chi connectivity index (χ0v) is 10.9. The molecule has 2 N–H and O–H groups in total. The second-order valence-electron chi connectivity index (χ2n) is 5.23. The summed E-state index contributed by atoms with van der Waals surface area (Å²) < 4.78 is 1.96. The third-order valence-corrected chi connectivity index (χ3v) is 3.58. The van der Waals surface area contributed by atoms with Crippen LogP contribution < -0.4 is 5.32 Å². The molecule has 1 aliphatic rings. The smallest absolute Gasteiger partial charge is 0.0659 e. The van der Waals surface area contributed by atoms with Crippen LogP contribution in [0.5, 0.6) is 0 Å². The molecule has 0 unspecified atom stereocenters. The van der Waals surface area contributed by atoms with Crippen molar-refractivity contribution in [3.05, 3.63) is 53.9 Å². The Morgan fingerprint density at radius 2 is 2.00 bits per heavy atom. The molecule has 0 saturated heterocycles. The topological polar surface area (TPSA) is 50.1 Å². The van der Waals surface area contributed by atoms with Gasteiger partial charge in [-0.2, -0.15) is 5.10 Å². The van der Waals surface area contributed by atoms with E-state index in [9.17, 15) is 5.11 Å². The number of nitrogens with zero attached hydrogens (tertiary/aromatic N) is 2. The first kappa shape index (κ1) is 12.4. The Morgan fingerprint density at radius 3 is 2.74 bits per heavy atom. The molecule has 4 nitrogen and oxygen atoms in total. The molecule has 4 heteroatoms. The van der Waals surface area contributed by atoms with Gasteiger partial charge >= 0.3 is 0 Å². The number of aliphatic hydroxyl groups excluding tert-OH is 1. The highest BCUT2D eigenvalue weighted by atomic mass is 16.3. The van der Waals surface area contributed by atoms with Crippen molar-refractivity contribution in [2.24, 2.45) is 0 Å². The van der Waals surface area contributed by atoms with Gasteiger partial charge in [-0.15, -0.1) is 0 Å². The number of aliphatic hydroxyl groups is 1. The Balaban J connectivity index is 1.51. The highest BCUT2D eigenvalue weighted by Crippen LogP contribution is 2.19. The molecule has 0 aliphatic heterocycles. The van der Waals surface area contributed by atoms with E-state index in [0.717, 1.165) is 25.9 Å². The maximum Gasteiger partial charge on any atom is 0.0659 e. The Morgan fingerprint density at radius 1 is 1.21 bits per heavy atom. The molecule has 1 aromatic heterocycles. The monoisotopic (exact) mass is 257 g/mol. The Kier molecular flexibility index (Phi) is 3.62. The van der Waals surface area contributed by atoms with Gasteiger partial charge in [0, 0.05) is 24.3 Å². The summed E-state index contributed by atoms with van der Waals surface area (Å²) >= 11 is 0. The fourth-order valence-corrected chi connectivity index (χ4v) is 2.37. The van der Waals surface area contributed by atoms with Crippen LogP contribution in [0.2, 0.25) is 0 Å². The lowest BCUT2D eigenvalue weighted by molar-refractivity contribution is 0.0619. The van der Waals surface area contributed by atoms with Gasteiger partial charge in [0.25, 0.3) is 0 Å². The average Bonchev–Trinajstić information content (AvgIpc) is 2.82. The minimum atomic E-state index is -0.0988. The molecule has 1 aromatic carbocycles. The summed E-state index contributed by atoms with van der Waals surface area (Å²) in [7, 11) is 0. The van der Waals surface area contributed by atoms with Crippen molar-refractivity contribution < 1.29 is 5.11 Å². The Bertz CT molecular complexity index is 517. The van der Waals surface area contributed by atoms with Gasteiger partial charge in [0.2, 0.25) is 0 Å². The van der Waals surface area contributed by atoms with E-state index >= 15 is 0 Å². The standard InChI is InChI=1S/C15H19N3O/c19-15-6-14(7-15)16-8-13-9-17-18(11-13)10-12-4-2-1-3-5-12/h1-5,9,11,14-16,19H,6-8,10H2. The molecule has 0 atom stereocenters. The van der Waals surface area contributed by atoms with Gasteiger partial charge in [-0.1, -0.05) is 30.3 Å². The molecule has 1 heterocycles. The normalized spacial score (nSPS) is 22.2. The van der Waals surface area contributed by atoms with Crippen LogP contribution in [-0.4, -0.2) is 27.0 Å². The number of nitrogens with one attached hydrogen (secondary N) is 1. The van der Waals surface area contributed by atoms with Gasteiger partial charge in [0.05, 0.1) is 18.8 Å². The molecule has 0 radical (unpaired) electrons. The van der Waals surface area contributed by atoms with Crippen molar-refractivity contribution in [1.29, 1.82) is 0 Å². The Labute approximate surface area is 113 Å². The highest BCUT2D eigenvalue weighted by Gasteiger charge is 2.26. The molecule has 1 fully saturated rings. The van der Waals surface area contributed by atoms with Crippen LogP contribution in [0.3, 0.4) is 0 Å². The number of aromatic nitrogens is 2. The van der Waals surface area contributed by atoms with E-state index in [1.807, 2.05) is 29.1 Å². The molecular formula is C15H19N3O. The van der Waals surface area contributed by atoms with Crippen LogP contribution in [-0.2, 0) is 13.1 Å². The molecule has 1 aliphatic carbocycles. The summed E-state index contributed by atoms with van der Waals surface area (Å²) in [6.45, 7) is 1.63. The molecule has 0 bridgehead atoms. The average molecular weight is 257 g/mol. The summed E-state index contributed by atoms with van der Waals surface area (Å²) in [6.07, 6.45) is 5.63. The fourth-order valence-electron chi connectivity index (χ4n) is 2.37. The van der Waals surface area contributed by atoms with E-state index in [-0.39, 0.29) is 6.10 Å². The van der Waals surface area contributed by atoms with Gasteiger partial charge in [0.15, 0.2) is 0 Å². The van der Waals surface area contributed by atoms with E-state index < -0.39 is 0 Å². The molecule has 0 spiro atoms. The highest BCUT2D eigenvalue weighted by molar-refractivity contribution is 5.15. The molecule has 2 aromatic rings. The van der Waals surface area contributed by atoms with E-state index in [0.29, 0.717) is 6.04 Å². The molecule has 0 amide bonds. The lowest BCUT2D eigenvalue weighted by atomic mass is 9.89. The zero-order valence-electron chi connectivity index (χ0n) is 10.9. The number of hydrogen-bond donors (Lipinski definition) is 2. The number of rotatable bonds is 5. The number of hydrogen-bond acceptors (Lipinski definition) is 3. The predicted octanol–water partition coefficient (Wildman–Crippen LogP) is 1.54. The van der Waals surface area contributed by atoms with Crippen LogP contribution in [0.25, 0.3) is 0 Å². The first-order chi connectivity index (χ1) is 9.29. The molecule has 1 saturated carbocycles. The largest absolute Gasteiger partial charge is 0.393 e. The van der Waals surface area contributed by atoms with Crippen LogP contribution in [0.1, 0.15) is 24.0 Å². The lowest BCUT2D eigenvalue weighted by Crippen LogP contribution is -2.43. The summed E-state index contributed by atoms with van der Waals surface area (Å²) in [5.41, 5.74) is 2.45. The van der Waals surface area contributed by atoms with Crippen molar-refractivity contribution in [1.82, 2.24) is 15.1 Å². The SMILES string of the molecule is OC1CC(NCc2cnn(Cc3ccccc3)c2)C1. The summed E-state index contributed by atoms with van der Waals surface area (Å²) in [6, 6.07) is 10.8. The van der Waals surface area contributed by atoms with Crippen molar-refractivity contribution in [3.63, 3.8) is 0 Å². The molecule has 19 heavy (non-hydrogen) atoms. The second-order valence-corrected chi connectivity index (χ2v) is 5.23. The summed E-state index contributed by atoms with van der Waals surface area (Å²) in [4.78, 5) is 0. The Hall–Kier alpha value is -1.65. The predicted molar refractivity (Wildman–Crippen MR) is 73.6 cm³/mol. The number of benzene rings is 1. The van der Waals surface area contributed by atoms with Gasteiger partial charge < -0.3 is 10.4 Å². The maximum atomic E-state index is 9.23. The zero-order chi connectivity index (χ0) is 13.1. The van der Waals surface area contributed by atoms with Crippen LogP contribution in [0.4, 0.5) is 0 Å². The second kappa shape index (κ2) is 5.55. The first-order valence-corrected chi connectivity index (χ1v) is 6.76. The van der Waals surface area contributed by atoms with Crippen LogP contribution in [0, 0.1) is 0 Å². The minimum absolute atomic E-state index is 0.0988. The van der Waals surface area contributed by atoms with Gasteiger partial charge in [0.1, 0.15) is 0 Å². The van der Waals surface area contributed by atoms with Crippen molar-refractivity contribution in [2.45, 2.75) is 38.1 Å². The summed E-state index contributed by atoms with van der Waals surface area (Å²) in [5, 5.41) is 17.0. The third-order valence-electron chi connectivity index (χ3n) is 3.58. The quantitative estimate of drug-likeness (QED) is 0.854. The van der Waals surface area contributed by atoms with E-state index in [1.54, 1.807) is 0 Å². The van der Waals surface area contributed by atoms with Crippen LogP contribution in [0.15, 0.2) is 42.7 Å². The summed E-state index contributed by atoms with van der Waals surface area (Å²) in [5.74, 6) is 0. The van der Waals surface area contributed by atoms with Crippen LogP contribution >= 0.6 is 0 Å². The third kappa shape index (κ3) is 3.22. The minimum Gasteiger partial charge on any atom is -0.393 e. The van der Waals surface area contributed by atoms with Crippen molar-refractivity contribution in [3.8, 4) is 0 Å². The molecule has 100 valence electrons. The molecule has 3 rings (SSSR count). The van der Waals surface area contributed by atoms with Gasteiger partial charge in [-0.3, -0.25) is 4.68 Å². The van der Waals surface area contributed by atoms with E-state index in [1.165, 1.54) is 11.1 Å². The first-order valence-electron chi connectivity index (χ1n) is 6.76. The molecular weight excluding hydrogens is 238 g/mol. The van der Waals surface area contributed by atoms with Crippen molar-refractivity contribution in [2.75, 3.05) is 0 Å². The lowest BCUT2D eigenvalue weighted by Gasteiger charge is -2.32. The fraction of sp³-hybridized carbons (Fsp3) is 0.400. The van der Waals surface area contributed by atoms with Gasteiger partial charge in [-0.25, -0.2) is 0 Å². The van der Waals surface area contributed by atoms with E-state index in [4.69, 9.17) is 0 Å². The van der Waals surface area contributed by atoms with E-state index in [2.05, 4.69) is 28.7 Å². The maximum absolute atomic E-state index is 9.23. The van der Waals surface area contributed by atoms with Gasteiger partial charge in [-0.05, 0) is 18.4 Å². The van der Waals surface area contributed by atoms with Crippen molar-refractivity contribution >= 4 is 0 Å².